The maximum Gasteiger partial charge on any atom is 0.254 e. The van der Waals surface area contributed by atoms with Crippen molar-refractivity contribution >= 4 is 22.9 Å². The molecule has 0 spiro atoms. The molecule has 0 radical (unpaired) electrons. The first-order chi connectivity index (χ1) is 9.65. The molecule has 0 aliphatic heterocycles. The Morgan fingerprint density at radius 3 is 2.55 bits per heavy atom. The summed E-state index contributed by atoms with van der Waals surface area (Å²) in [5.41, 5.74) is 2.12. The van der Waals surface area contributed by atoms with Crippen molar-refractivity contribution in [2.24, 2.45) is 0 Å². The van der Waals surface area contributed by atoms with Crippen molar-refractivity contribution in [1.82, 2.24) is 9.97 Å². The van der Waals surface area contributed by atoms with E-state index >= 15 is 0 Å². The Kier molecular flexibility index (Phi) is 3.42. The van der Waals surface area contributed by atoms with Crippen LogP contribution < -0.4 is 5.56 Å². The van der Waals surface area contributed by atoms with Gasteiger partial charge in [-0.1, -0.05) is 41.9 Å². The van der Waals surface area contributed by atoms with Gasteiger partial charge in [-0.15, -0.1) is 11.3 Å². The Bertz CT molecular complexity index is 808. The molecule has 1 N–H and O–H groups in total. The molecule has 3 rings (SSSR count). The van der Waals surface area contributed by atoms with Crippen LogP contribution in [0.2, 0.25) is 4.34 Å². The van der Waals surface area contributed by atoms with Crippen LogP contribution in [0.4, 0.5) is 0 Å². The third-order valence-corrected chi connectivity index (χ3v) is 4.24. The predicted octanol–water partition coefficient (Wildman–Crippen LogP) is 4.13. The van der Waals surface area contributed by atoms with E-state index < -0.39 is 0 Å². The fourth-order valence-corrected chi connectivity index (χ4v) is 2.96. The number of nitrogens with one attached hydrogen (secondary N) is 1. The number of halogens is 1. The fourth-order valence-electron chi connectivity index (χ4n) is 1.97. The summed E-state index contributed by atoms with van der Waals surface area (Å²) in [4.78, 5) is 20.3. The van der Waals surface area contributed by atoms with Crippen molar-refractivity contribution in [3.05, 3.63) is 62.7 Å². The van der Waals surface area contributed by atoms with E-state index in [1.165, 1.54) is 11.3 Å². The van der Waals surface area contributed by atoms with Gasteiger partial charge in [0.05, 0.1) is 14.9 Å². The summed E-state index contributed by atoms with van der Waals surface area (Å²) in [6.45, 7) is 1.78. The molecule has 2 heterocycles. The average Bonchev–Trinajstić information content (AvgIpc) is 2.89. The molecule has 0 saturated heterocycles. The zero-order valence-corrected chi connectivity index (χ0v) is 12.3. The van der Waals surface area contributed by atoms with Crippen molar-refractivity contribution in [3.63, 3.8) is 0 Å². The van der Waals surface area contributed by atoms with Gasteiger partial charge in [0.15, 0.2) is 5.82 Å². The molecule has 0 amide bonds. The molecule has 100 valence electrons. The topological polar surface area (TPSA) is 45.8 Å². The maximum atomic E-state index is 12.1. The van der Waals surface area contributed by atoms with Crippen molar-refractivity contribution in [1.29, 1.82) is 0 Å². The van der Waals surface area contributed by atoms with Gasteiger partial charge in [-0.25, -0.2) is 4.98 Å². The highest BCUT2D eigenvalue weighted by Crippen LogP contribution is 2.29. The van der Waals surface area contributed by atoms with E-state index in [1.807, 2.05) is 36.4 Å². The lowest BCUT2D eigenvalue weighted by atomic mass is 10.1. The molecule has 5 heteroatoms. The SMILES string of the molecule is Cc1c(-c2ccccc2)nc(-c2ccc(Cl)s2)[nH]c1=O. The standard InChI is InChI=1S/C15H11ClN2OS/c1-9-13(10-5-3-2-4-6-10)17-14(18-15(9)19)11-7-8-12(16)20-11/h2-8H,1H3,(H,17,18,19). The number of hydrogen-bond donors (Lipinski definition) is 1. The molecule has 0 aliphatic rings. The Hall–Kier alpha value is -1.91. The molecule has 3 nitrogen and oxygen atoms in total. The van der Waals surface area contributed by atoms with Crippen LogP contribution in [-0.4, -0.2) is 9.97 Å². The van der Waals surface area contributed by atoms with Gasteiger partial charge in [0.2, 0.25) is 0 Å². The van der Waals surface area contributed by atoms with E-state index in [-0.39, 0.29) is 5.56 Å². The molecule has 3 aromatic rings. The summed E-state index contributed by atoms with van der Waals surface area (Å²) in [6, 6.07) is 13.3. The first-order valence-corrected chi connectivity index (χ1v) is 7.26. The molecule has 0 unspecified atom stereocenters. The molecule has 2 aromatic heterocycles. The van der Waals surface area contributed by atoms with E-state index in [0.717, 1.165) is 10.4 Å². The van der Waals surface area contributed by atoms with Gasteiger partial charge in [0.1, 0.15) is 0 Å². The van der Waals surface area contributed by atoms with Crippen LogP contribution in [0.5, 0.6) is 0 Å². The smallest absolute Gasteiger partial charge is 0.254 e. The van der Waals surface area contributed by atoms with Crippen LogP contribution in [-0.2, 0) is 0 Å². The van der Waals surface area contributed by atoms with Crippen molar-refractivity contribution in [2.45, 2.75) is 6.92 Å². The lowest BCUT2D eigenvalue weighted by Crippen LogP contribution is -2.13. The predicted molar refractivity (Wildman–Crippen MR) is 83.4 cm³/mol. The second-order valence-corrected chi connectivity index (χ2v) is 6.07. The minimum absolute atomic E-state index is 0.127. The van der Waals surface area contributed by atoms with E-state index in [9.17, 15) is 4.79 Å². The summed E-state index contributed by atoms with van der Waals surface area (Å²) in [6.07, 6.45) is 0. The van der Waals surface area contributed by atoms with Crippen LogP contribution in [0.3, 0.4) is 0 Å². The average molecular weight is 303 g/mol. The van der Waals surface area contributed by atoms with Crippen LogP contribution in [0, 0.1) is 6.92 Å². The van der Waals surface area contributed by atoms with Gasteiger partial charge in [-0.3, -0.25) is 4.79 Å². The number of nitrogens with zero attached hydrogens (tertiary/aromatic N) is 1. The fraction of sp³-hybridized carbons (Fsp3) is 0.0667. The maximum absolute atomic E-state index is 12.1. The highest BCUT2D eigenvalue weighted by Gasteiger charge is 2.12. The second-order valence-electron chi connectivity index (χ2n) is 4.36. The first-order valence-electron chi connectivity index (χ1n) is 6.07. The zero-order valence-electron chi connectivity index (χ0n) is 10.7. The van der Waals surface area contributed by atoms with Gasteiger partial charge in [0.25, 0.3) is 5.56 Å². The number of hydrogen-bond acceptors (Lipinski definition) is 3. The summed E-state index contributed by atoms with van der Waals surface area (Å²) >= 11 is 7.33. The molecular formula is C15H11ClN2OS. The van der Waals surface area contributed by atoms with E-state index in [2.05, 4.69) is 9.97 Å². The number of H-pyrrole nitrogens is 1. The largest absolute Gasteiger partial charge is 0.306 e. The summed E-state index contributed by atoms with van der Waals surface area (Å²) in [5.74, 6) is 0.552. The summed E-state index contributed by atoms with van der Waals surface area (Å²) in [5, 5.41) is 0. The third kappa shape index (κ3) is 2.40. The molecule has 0 aliphatic carbocycles. The number of aromatic amines is 1. The van der Waals surface area contributed by atoms with Gasteiger partial charge >= 0.3 is 0 Å². The minimum Gasteiger partial charge on any atom is -0.306 e. The molecule has 20 heavy (non-hydrogen) atoms. The Morgan fingerprint density at radius 1 is 1.15 bits per heavy atom. The quantitative estimate of drug-likeness (QED) is 0.773. The monoisotopic (exact) mass is 302 g/mol. The van der Waals surface area contributed by atoms with Gasteiger partial charge in [-0.05, 0) is 19.1 Å². The van der Waals surface area contributed by atoms with Gasteiger partial charge < -0.3 is 4.98 Å². The Labute approximate surface area is 124 Å². The van der Waals surface area contributed by atoms with Crippen molar-refractivity contribution in [2.75, 3.05) is 0 Å². The van der Waals surface area contributed by atoms with E-state index in [0.29, 0.717) is 21.4 Å². The van der Waals surface area contributed by atoms with E-state index in [4.69, 9.17) is 11.6 Å². The molecular weight excluding hydrogens is 292 g/mol. The lowest BCUT2D eigenvalue weighted by Gasteiger charge is -2.06. The van der Waals surface area contributed by atoms with Crippen LogP contribution >= 0.6 is 22.9 Å². The van der Waals surface area contributed by atoms with Crippen LogP contribution in [0.1, 0.15) is 5.56 Å². The van der Waals surface area contributed by atoms with E-state index in [1.54, 1.807) is 13.0 Å². The Balaban J connectivity index is 2.21. The number of benzene rings is 1. The van der Waals surface area contributed by atoms with Gasteiger partial charge in [0, 0.05) is 11.1 Å². The number of rotatable bonds is 2. The highest BCUT2D eigenvalue weighted by atomic mass is 35.5. The zero-order chi connectivity index (χ0) is 14.1. The van der Waals surface area contributed by atoms with Crippen LogP contribution in [0.25, 0.3) is 22.0 Å². The molecule has 0 saturated carbocycles. The summed E-state index contributed by atoms with van der Waals surface area (Å²) < 4.78 is 0.671. The van der Waals surface area contributed by atoms with Crippen LogP contribution in [0.15, 0.2) is 47.3 Å². The molecule has 0 atom stereocenters. The lowest BCUT2D eigenvalue weighted by molar-refractivity contribution is 1.10. The molecule has 1 aromatic carbocycles. The van der Waals surface area contributed by atoms with Crippen molar-refractivity contribution < 1.29 is 0 Å². The Morgan fingerprint density at radius 2 is 1.90 bits per heavy atom. The summed E-state index contributed by atoms with van der Waals surface area (Å²) in [7, 11) is 0. The number of aromatic nitrogens is 2. The minimum atomic E-state index is -0.127. The third-order valence-electron chi connectivity index (χ3n) is 3.01. The first kappa shape index (κ1) is 13.1. The second kappa shape index (κ2) is 5.23. The number of thiophene rings is 1. The van der Waals surface area contributed by atoms with Gasteiger partial charge in [-0.2, -0.15) is 0 Å². The molecule has 0 bridgehead atoms. The normalized spacial score (nSPS) is 10.7. The van der Waals surface area contributed by atoms with Crippen molar-refractivity contribution in [3.8, 4) is 22.0 Å². The highest BCUT2D eigenvalue weighted by molar-refractivity contribution is 7.19. The molecule has 0 fully saturated rings.